The largest absolute Gasteiger partial charge is 0.330 e. The third kappa shape index (κ3) is 11.2. The van der Waals surface area contributed by atoms with Gasteiger partial charge in [-0.3, -0.25) is 0 Å². The molecular formula is C12H25N3. The van der Waals surface area contributed by atoms with Crippen LogP contribution in [-0.4, -0.2) is 18.5 Å². The molecule has 4 N–H and O–H groups in total. The van der Waals surface area contributed by atoms with E-state index in [1.807, 2.05) is 0 Å². The third-order valence-electron chi connectivity index (χ3n) is 2.51. The number of hydrogen-bond donors (Lipinski definition) is 3. The van der Waals surface area contributed by atoms with Crippen LogP contribution in [0, 0.1) is 10.8 Å². The molecule has 0 bridgehead atoms. The lowest BCUT2D eigenvalue weighted by Gasteiger charge is -2.03. The summed E-state index contributed by atoms with van der Waals surface area (Å²) >= 11 is 0. The monoisotopic (exact) mass is 211 g/mol. The van der Waals surface area contributed by atoms with Gasteiger partial charge in [0, 0.05) is 5.71 Å². The van der Waals surface area contributed by atoms with Crippen LogP contribution in [0.5, 0.6) is 0 Å². The molecule has 0 unspecified atom stereocenters. The lowest BCUT2D eigenvalue weighted by Crippen LogP contribution is -1.99. The second kappa shape index (κ2) is 11.4. The van der Waals surface area contributed by atoms with Gasteiger partial charge in [-0.1, -0.05) is 12.8 Å². The van der Waals surface area contributed by atoms with Crippen molar-refractivity contribution in [1.82, 2.24) is 0 Å². The number of unbranched alkanes of at least 4 members (excludes halogenated alkanes) is 5. The van der Waals surface area contributed by atoms with E-state index in [1.54, 1.807) is 0 Å². The average Bonchev–Trinajstić information content (AvgIpc) is 2.24. The van der Waals surface area contributed by atoms with Gasteiger partial charge >= 0.3 is 0 Å². The first kappa shape index (κ1) is 14.3. The fourth-order valence-electron chi connectivity index (χ4n) is 1.55. The highest BCUT2D eigenvalue weighted by atomic mass is 14.5. The summed E-state index contributed by atoms with van der Waals surface area (Å²) in [4.78, 5) is 0. The molecule has 0 rings (SSSR count). The Labute approximate surface area is 93.5 Å². The summed E-state index contributed by atoms with van der Waals surface area (Å²) in [5, 5.41) is 14.6. The second-order valence-electron chi connectivity index (χ2n) is 4.01. The number of rotatable bonds is 11. The highest BCUT2D eigenvalue weighted by Crippen LogP contribution is 2.07. The molecule has 0 aliphatic rings. The average molecular weight is 211 g/mol. The van der Waals surface area contributed by atoms with Crippen molar-refractivity contribution in [3.8, 4) is 0 Å². The summed E-state index contributed by atoms with van der Waals surface area (Å²) in [7, 11) is 0. The Morgan fingerprint density at radius 2 is 1.53 bits per heavy atom. The van der Waals surface area contributed by atoms with Crippen molar-refractivity contribution < 1.29 is 0 Å². The van der Waals surface area contributed by atoms with E-state index in [2.05, 4.69) is 0 Å². The van der Waals surface area contributed by atoms with Crippen molar-refractivity contribution in [2.24, 2.45) is 5.73 Å². The fraction of sp³-hybridized carbons (Fsp3) is 0.833. The van der Waals surface area contributed by atoms with Crippen LogP contribution in [0.2, 0.25) is 0 Å². The standard InChI is InChI=1S/C12H25N3/c13-10-6-2-1-4-8-12(15)9-5-3-7-11-14/h11,14-15H,1-10,13H2. The van der Waals surface area contributed by atoms with Gasteiger partial charge in [0.2, 0.25) is 0 Å². The van der Waals surface area contributed by atoms with Crippen molar-refractivity contribution in [2.75, 3.05) is 6.54 Å². The molecule has 0 fully saturated rings. The fourth-order valence-corrected chi connectivity index (χ4v) is 1.55. The molecule has 0 amide bonds. The molecule has 0 atom stereocenters. The third-order valence-corrected chi connectivity index (χ3v) is 2.51. The Kier molecular flexibility index (Phi) is 10.8. The van der Waals surface area contributed by atoms with Gasteiger partial charge in [0.25, 0.3) is 0 Å². The van der Waals surface area contributed by atoms with Crippen molar-refractivity contribution in [3.05, 3.63) is 0 Å². The van der Waals surface area contributed by atoms with Crippen LogP contribution < -0.4 is 5.73 Å². The number of nitrogens with one attached hydrogen (secondary N) is 2. The van der Waals surface area contributed by atoms with Gasteiger partial charge in [-0.15, -0.1) is 0 Å². The molecule has 0 heterocycles. The van der Waals surface area contributed by atoms with Crippen LogP contribution in [0.3, 0.4) is 0 Å². The molecule has 0 saturated heterocycles. The summed E-state index contributed by atoms with van der Waals surface area (Å²) in [6, 6.07) is 0. The van der Waals surface area contributed by atoms with Gasteiger partial charge in [0.15, 0.2) is 0 Å². The summed E-state index contributed by atoms with van der Waals surface area (Å²) < 4.78 is 0. The summed E-state index contributed by atoms with van der Waals surface area (Å²) in [6.07, 6.45) is 11.0. The maximum Gasteiger partial charge on any atom is 0.00891 e. The zero-order valence-electron chi connectivity index (χ0n) is 9.73. The molecule has 0 aromatic heterocycles. The van der Waals surface area contributed by atoms with Gasteiger partial charge < -0.3 is 16.6 Å². The SMILES string of the molecule is N=CCCCCC(=N)CCCCCCN. The normalized spacial score (nSPS) is 10.2. The summed E-state index contributed by atoms with van der Waals surface area (Å²) in [5.41, 5.74) is 6.29. The topological polar surface area (TPSA) is 73.7 Å². The minimum Gasteiger partial charge on any atom is -0.330 e. The zero-order valence-corrected chi connectivity index (χ0v) is 9.73. The molecule has 0 radical (unpaired) electrons. The highest BCUT2D eigenvalue weighted by Gasteiger charge is 1.97. The Morgan fingerprint density at radius 3 is 2.13 bits per heavy atom. The van der Waals surface area contributed by atoms with Crippen molar-refractivity contribution in [3.63, 3.8) is 0 Å². The Morgan fingerprint density at radius 1 is 0.933 bits per heavy atom. The maximum absolute atomic E-state index is 7.72. The minimum absolute atomic E-state index is 0.793. The van der Waals surface area contributed by atoms with Gasteiger partial charge in [-0.05, 0) is 57.7 Å². The first-order valence-electron chi connectivity index (χ1n) is 6.06. The lowest BCUT2D eigenvalue weighted by atomic mass is 10.0. The number of hydrogen-bond acceptors (Lipinski definition) is 3. The van der Waals surface area contributed by atoms with Crippen LogP contribution in [0.25, 0.3) is 0 Å². The van der Waals surface area contributed by atoms with Crippen molar-refractivity contribution in [1.29, 1.82) is 10.8 Å². The molecule has 0 spiro atoms. The van der Waals surface area contributed by atoms with Crippen molar-refractivity contribution >= 4 is 11.9 Å². The van der Waals surface area contributed by atoms with E-state index in [0.29, 0.717) is 0 Å². The van der Waals surface area contributed by atoms with Gasteiger partial charge in [0.1, 0.15) is 0 Å². The Bertz CT molecular complexity index is 166. The smallest absolute Gasteiger partial charge is 0.00891 e. The van der Waals surface area contributed by atoms with Crippen LogP contribution in [0.4, 0.5) is 0 Å². The van der Waals surface area contributed by atoms with Gasteiger partial charge in [0.05, 0.1) is 0 Å². The molecule has 0 aromatic rings. The molecule has 3 nitrogen and oxygen atoms in total. The first-order chi connectivity index (χ1) is 7.31. The second-order valence-corrected chi connectivity index (χ2v) is 4.01. The van der Waals surface area contributed by atoms with Crippen LogP contribution in [0.15, 0.2) is 0 Å². The van der Waals surface area contributed by atoms with Crippen LogP contribution in [0.1, 0.15) is 57.8 Å². The summed E-state index contributed by atoms with van der Waals surface area (Å²) in [6.45, 7) is 0.793. The quantitative estimate of drug-likeness (QED) is 0.356. The molecule has 0 saturated carbocycles. The van der Waals surface area contributed by atoms with Crippen molar-refractivity contribution in [2.45, 2.75) is 57.8 Å². The molecular weight excluding hydrogens is 186 g/mol. The predicted molar refractivity (Wildman–Crippen MR) is 67.1 cm³/mol. The molecule has 88 valence electrons. The minimum atomic E-state index is 0.793. The lowest BCUT2D eigenvalue weighted by molar-refractivity contribution is 0.654. The van der Waals surface area contributed by atoms with E-state index in [1.165, 1.54) is 19.1 Å². The van der Waals surface area contributed by atoms with E-state index in [9.17, 15) is 0 Å². The van der Waals surface area contributed by atoms with Gasteiger partial charge in [-0.2, -0.15) is 0 Å². The number of nitrogens with two attached hydrogens (primary N) is 1. The summed E-state index contributed by atoms with van der Waals surface area (Å²) in [5.74, 6) is 0. The molecule has 0 aliphatic heterocycles. The Hall–Kier alpha value is -0.700. The first-order valence-corrected chi connectivity index (χ1v) is 6.06. The maximum atomic E-state index is 7.72. The molecule has 3 heteroatoms. The Balaban J connectivity index is 3.15. The highest BCUT2D eigenvalue weighted by molar-refractivity contribution is 5.81. The van der Waals surface area contributed by atoms with E-state index >= 15 is 0 Å². The van der Waals surface area contributed by atoms with E-state index in [0.717, 1.165) is 57.2 Å². The van der Waals surface area contributed by atoms with Crippen LogP contribution >= 0.6 is 0 Å². The van der Waals surface area contributed by atoms with Gasteiger partial charge in [-0.25, -0.2) is 0 Å². The molecule has 0 aliphatic carbocycles. The molecule has 0 aromatic carbocycles. The van der Waals surface area contributed by atoms with E-state index in [-0.39, 0.29) is 0 Å². The zero-order chi connectivity index (χ0) is 11.4. The van der Waals surface area contributed by atoms with E-state index in [4.69, 9.17) is 16.6 Å². The molecule has 15 heavy (non-hydrogen) atoms. The predicted octanol–water partition coefficient (Wildman–Crippen LogP) is 3.13. The van der Waals surface area contributed by atoms with E-state index < -0.39 is 0 Å². The van der Waals surface area contributed by atoms with Crippen LogP contribution in [-0.2, 0) is 0 Å².